The SMILES string of the molecule is Cc1cc(C(/C=C(\F)c2ccc(C(=O)NCC(=O)N(C)CC(F)(F)F)c(C(F)(F)F)c2)C(F)(F)F)cc(Cl)c1Cl. The van der Waals surface area contributed by atoms with Crippen LogP contribution in [0.1, 0.15) is 38.5 Å². The summed E-state index contributed by atoms with van der Waals surface area (Å²) in [7, 11) is 0.751. The molecule has 0 radical (unpaired) electrons. The molecule has 0 aliphatic heterocycles. The summed E-state index contributed by atoms with van der Waals surface area (Å²) in [5.41, 5.74) is -4.29. The van der Waals surface area contributed by atoms with Crippen LogP contribution in [0.15, 0.2) is 36.4 Å². The van der Waals surface area contributed by atoms with Crippen LogP contribution in [0, 0.1) is 6.92 Å². The molecule has 0 aliphatic carbocycles. The number of amides is 2. The van der Waals surface area contributed by atoms with Gasteiger partial charge in [-0.2, -0.15) is 39.5 Å². The Morgan fingerprint density at radius 1 is 1.00 bits per heavy atom. The summed E-state index contributed by atoms with van der Waals surface area (Å²) >= 11 is 11.7. The van der Waals surface area contributed by atoms with Crippen LogP contribution in [0.5, 0.6) is 0 Å². The lowest BCUT2D eigenvalue weighted by atomic mass is 9.94. The molecule has 0 aromatic heterocycles. The third-order valence-corrected chi connectivity index (χ3v) is 6.24. The molecule has 0 bridgehead atoms. The van der Waals surface area contributed by atoms with Crippen LogP contribution in [0.3, 0.4) is 0 Å². The zero-order valence-corrected chi connectivity index (χ0v) is 21.8. The largest absolute Gasteiger partial charge is 0.417 e. The molecular weight excluding hydrogens is 609 g/mol. The monoisotopic (exact) mass is 626 g/mol. The zero-order valence-electron chi connectivity index (χ0n) is 20.3. The number of aryl methyl sites for hydroxylation is 1. The molecular formula is C24H18Cl2F10N2O2. The molecule has 0 aliphatic rings. The van der Waals surface area contributed by atoms with Gasteiger partial charge in [-0.3, -0.25) is 9.59 Å². The van der Waals surface area contributed by atoms with Gasteiger partial charge in [0.25, 0.3) is 5.91 Å². The Labute approximate surface area is 230 Å². The highest BCUT2D eigenvalue weighted by molar-refractivity contribution is 6.42. The molecule has 0 saturated heterocycles. The Morgan fingerprint density at radius 3 is 2.10 bits per heavy atom. The third kappa shape index (κ3) is 8.75. The van der Waals surface area contributed by atoms with Crippen molar-refractivity contribution < 1.29 is 53.5 Å². The second-order valence-electron chi connectivity index (χ2n) is 8.47. The first-order chi connectivity index (χ1) is 18.1. The van der Waals surface area contributed by atoms with E-state index >= 15 is 0 Å². The second-order valence-corrected chi connectivity index (χ2v) is 9.26. The predicted molar refractivity (Wildman–Crippen MR) is 127 cm³/mol. The Balaban J connectivity index is 2.42. The van der Waals surface area contributed by atoms with Crippen molar-refractivity contribution in [2.45, 2.75) is 31.4 Å². The molecule has 220 valence electrons. The summed E-state index contributed by atoms with van der Waals surface area (Å²) in [6.45, 7) is -1.45. The first kappa shape index (κ1) is 33.2. The number of hydrogen-bond donors (Lipinski definition) is 1. The molecule has 0 fully saturated rings. The number of alkyl halides is 9. The van der Waals surface area contributed by atoms with Crippen LogP contribution in [-0.2, 0) is 11.0 Å². The Hall–Kier alpha value is -3.00. The van der Waals surface area contributed by atoms with Crippen molar-refractivity contribution in [1.82, 2.24) is 10.2 Å². The van der Waals surface area contributed by atoms with Gasteiger partial charge in [-0.1, -0.05) is 35.3 Å². The highest BCUT2D eigenvalue weighted by atomic mass is 35.5. The second kappa shape index (κ2) is 12.2. The van der Waals surface area contributed by atoms with Crippen molar-refractivity contribution in [3.8, 4) is 0 Å². The van der Waals surface area contributed by atoms with E-state index in [0.29, 0.717) is 12.1 Å². The number of nitrogens with one attached hydrogen (secondary N) is 1. The molecule has 4 nitrogen and oxygen atoms in total. The van der Waals surface area contributed by atoms with Crippen LogP contribution in [0.25, 0.3) is 5.83 Å². The zero-order chi connectivity index (χ0) is 30.8. The van der Waals surface area contributed by atoms with E-state index in [1.807, 2.05) is 0 Å². The summed E-state index contributed by atoms with van der Waals surface area (Å²) in [6, 6.07) is 2.96. The highest BCUT2D eigenvalue weighted by Gasteiger charge is 2.41. The summed E-state index contributed by atoms with van der Waals surface area (Å²) in [5.74, 6) is -7.18. The van der Waals surface area contributed by atoms with E-state index in [0.717, 1.165) is 19.2 Å². The molecule has 0 heterocycles. The highest BCUT2D eigenvalue weighted by Crippen LogP contribution is 2.42. The average Bonchev–Trinajstić information content (AvgIpc) is 2.80. The molecule has 2 rings (SSSR count). The molecule has 0 saturated carbocycles. The van der Waals surface area contributed by atoms with Gasteiger partial charge in [-0.25, -0.2) is 4.39 Å². The van der Waals surface area contributed by atoms with Gasteiger partial charge in [0.15, 0.2) is 0 Å². The molecule has 40 heavy (non-hydrogen) atoms. The fourth-order valence-corrected chi connectivity index (χ4v) is 3.81. The number of nitrogens with zero attached hydrogens (tertiary/aromatic N) is 1. The van der Waals surface area contributed by atoms with Gasteiger partial charge in [0.1, 0.15) is 18.3 Å². The van der Waals surface area contributed by atoms with Crippen LogP contribution in [-0.4, -0.2) is 49.2 Å². The number of carbonyl (C=O) groups excluding carboxylic acids is 2. The van der Waals surface area contributed by atoms with Crippen molar-refractivity contribution >= 4 is 40.8 Å². The van der Waals surface area contributed by atoms with Gasteiger partial charge in [-0.15, -0.1) is 0 Å². The van der Waals surface area contributed by atoms with Gasteiger partial charge in [-0.05, 0) is 42.3 Å². The fraction of sp³-hybridized carbons (Fsp3) is 0.333. The number of hydrogen-bond acceptors (Lipinski definition) is 2. The van der Waals surface area contributed by atoms with Gasteiger partial charge >= 0.3 is 18.5 Å². The van der Waals surface area contributed by atoms with Crippen molar-refractivity contribution in [1.29, 1.82) is 0 Å². The number of rotatable bonds is 7. The topological polar surface area (TPSA) is 49.4 Å². The predicted octanol–water partition coefficient (Wildman–Crippen LogP) is 7.73. The Kier molecular flexibility index (Phi) is 10.2. The molecule has 1 N–H and O–H groups in total. The van der Waals surface area contributed by atoms with Crippen LogP contribution >= 0.6 is 23.2 Å². The van der Waals surface area contributed by atoms with E-state index < -0.39 is 77.4 Å². The van der Waals surface area contributed by atoms with Crippen molar-refractivity contribution in [2.75, 3.05) is 20.1 Å². The van der Waals surface area contributed by atoms with Crippen molar-refractivity contribution in [3.05, 3.63) is 74.3 Å². The number of carbonyl (C=O) groups is 2. The molecule has 2 aromatic carbocycles. The number of benzene rings is 2. The third-order valence-electron chi connectivity index (χ3n) is 5.34. The first-order valence-electron chi connectivity index (χ1n) is 10.8. The Morgan fingerprint density at radius 2 is 1.60 bits per heavy atom. The van der Waals surface area contributed by atoms with E-state index in [1.165, 1.54) is 6.92 Å². The minimum absolute atomic E-state index is 0.0311. The average molecular weight is 627 g/mol. The summed E-state index contributed by atoms with van der Waals surface area (Å²) in [6.07, 6.45) is -15.2. The summed E-state index contributed by atoms with van der Waals surface area (Å²) < 4.78 is 134. The van der Waals surface area contributed by atoms with E-state index in [4.69, 9.17) is 23.2 Å². The maximum absolute atomic E-state index is 15.0. The van der Waals surface area contributed by atoms with E-state index in [2.05, 4.69) is 0 Å². The maximum atomic E-state index is 15.0. The lowest BCUT2D eigenvalue weighted by Gasteiger charge is -2.20. The molecule has 16 heteroatoms. The molecule has 1 atom stereocenters. The minimum Gasteiger partial charge on any atom is -0.343 e. The summed E-state index contributed by atoms with van der Waals surface area (Å²) in [5, 5.41) is 1.42. The molecule has 2 amide bonds. The molecule has 2 aromatic rings. The normalized spacial score (nSPS) is 13.7. The molecule has 0 spiro atoms. The lowest BCUT2D eigenvalue weighted by molar-refractivity contribution is -0.157. The smallest absolute Gasteiger partial charge is 0.343 e. The van der Waals surface area contributed by atoms with Crippen LogP contribution < -0.4 is 5.32 Å². The lowest BCUT2D eigenvalue weighted by Crippen LogP contribution is -2.42. The fourth-order valence-electron chi connectivity index (χ4n) is 3.42. The first-order valence-corrected chi connectivity index (χ1v) is 11.6. The van der Waals surface area contributed by atoms with Gasteiger partial charge in [0.2, 0.25) is 5.91 Å². The standard InChI is InChI=1S/C24H18Cl2F10N2O2/c1-11-5-13(7-17(25)20(11)26)15(23(31,32)33)8-18(27)12-3-4-14(16(6-12)24(34,35)36)21(40)37-9-19(39)38(2)10-22(28,29)30/h3-8,15H,9-10H2,1-2H3,(H,37,40)/b18-8-. The number of likely N-dealkylation sites (N-methyl/N-ethyl adjacent to an activating group) is 1. The number of allylic oxidation sites excluding steroid dienone is 1. The van der Waals surface area contributed by atoms with Crippen LogP contribution in [0.4, 0.5) is 43.9 Å². The minimum atomic E-state index is -5.32. The van der Waals surface area contributed by atoms with Crippen molar-refractivity contribution in [3.63, 3.8) is 0 Å². The summed E-state index contributed by atoms with van der Waals surface area (Å²) in [4.78, 5) is 24.3. The number of halogens is 12. The van der Waals surface area contributed by atoms with Crippen molar-refractivity contribution in [2.24, 2.45) is 0 Å². The maximum Gasteiger partial charge on any atom is 0.417 e. The Bertz CT molecular complexity index is 1280. The molecule has 1 unspecified atom stereocenters. The van der Waals surface area contributed by atoms with E-state index in [-0.39, 0.29) is 32.7 Å². The van der Waals surface area contributed by atoms with Crippen LogP contribution in [0.2, 0.25) is 10.0 Å². The van der Waals surface area contributed by atoms with Gasteiger partial charge in [0.05, 0.1) is 27.7 Å². The van der Waals surface area contributed by atoms with E-state index in [1.54, 1.807) is 5.32 Å². The van der Waals surface area contributed by atoms with Gasteiger partial charge < -0.3 is 10.2 Å². The van der Waals surface area contributed by atoms with Gasteiger partial charge in [0, 0.05) is 12.6 Å². The van der Waals surface area contributed by atoms with E-state index in [9.17, 15) is 53.5 Å². The quantitative estimate of drug-likeness (QED) is 0.320.